The Kier molecular flexibility index (Phi) is 9.00. The molecule has 0 aromatic rings. The largest absolute Gasteiger partial charge is 0.480 e. The molecule has 0 unspecified atom stereocenters. The van der Waals surface area contributed by atoms with E-state index in [0.29, 0.717) is 0 Å². The van der Waals surface area contributed by atoms with Gasteiger partial charge in [0.2, 0.25) is 0 Å². The van der Waals surface area contributed by atoms with Gasteiger partial charge in [-0.15, -0.1) is 0 Å². The van der Waals surface area contributed by atoms with Crippen LogP contribution in [0.4, 0.5) is 0 Å². The van der Waals surface area contributed by atoms with Gasteiger partial charge in [0.25, 0.3) is 0 Å². The van der Waals surface area contributed by atoms with Gasteiger partial charge in [0, 0.05) is 6.66 Å². The fourth-order valence-electron chi connectivity index (χ4n) is 0.742. The average molecular weight is 287 g/mol. The highest BCUT2D eigenvalue weighted by molar-refractivity contribution is 7.50. The van der Waals surface area contributed by atoms with Crippen LogP contribution in [0.15, 0.2) is 0 Å². The Morgan fingerprint density at radius 3 is 1.17 bits per heavy atom. The number of hydrogen-bond acceptors (Lipinski definition) is 5. The lowest BCUT2D eigenvalue weighted by molar-refractivity contribution is -0.144. The molecule has 11 heteroatoms. The van der Waals surface area contributed by atoms with Crippen LogP contribution in [0, 0.1) is 0 Å². The smallest absolute Gasteiger partial charge is 0.322 e. The van der Waals surface area contributed by atoms with E-state index in [2.05, 4.69) is 0 Å². The number of hydrogen-bond donors (Lipinski definition) is 5. The molecule has 0 aliphatic carbocycles. The van der Waals surface area contributed by atoms with E-state index in [0.717, 1.165) is 11.6 Å². The third kappa shape index (κ3) is 24.0. The van der Waals surface area contributed by atoms with Crippen LogP contribution in [0.1, 0.15) is 0 Å². The minimum Gasteiger partial charge on any atom is -0.480 e. The molecule has 0 aromatic heterocycles. The summed E-state index contributed by atoms with van der Waals surface area (Å²) in [6.07, 6.45) is 0. The van der Waals surface area contributed by atoms with Crippen LogP contribution < -0.4 is 0 Å². The number of carboxylic acids is 3. The predicted octanol–water partition coefficient (Wildman–Crippen LogP) is -1.66. The third-order valence-corrected chi connectivity index (χ3v) is 1.08. The first-order valence-electron chi connectivity index (χ1n) is 4.32. The molecular weight excluding hydrogens is 273 g/mol. The highest BCUT2D eigenvalue weighted by atomic mass is 31.2. The van der Waals surface area contributed by atoms with Gasteiger partial charge in [0.1, 0.15) is 0 Å². The van der Waals surface area contributed by atoms with Crippen LogP contribution in [0.25, 0.3) is 0 Å². The second-order valence-electron chi connectivity index (χ2n) is 3.16. The van der Waals surface area contributed by atoms with Crippen molar-refractivity contribution < 1.29 is 44.1 Å². The van der Waals surface area contributed by atoms with E-state index < -0.39 is 45.1 Å². The van der Waals surface area contributed by atoms with Crippen molar-refractivity contribution in [2.45, 2.75) is 0 Å². The predicted molar refractivity (Wildman–Crippen MR) is 57.3 cm³/mol. The molecular formula is C7H14NO9P. The first-order chi connectivity index (χ1) is 7.91. The van der Waals surface area contributed by atoms with Crippen molar-refractivity contribution >= 4 is 25.5 Å². The van der Waals surface area contributed by atoms with Crippen molar-refractivity contribution in [3.05, 3.63) is 0 Å². The molecule has 0 saturated carbocycles. The van der Waals surface area contributed by atoms with E-state index >= 15 is 0 Å². The Bertz CT molecular complexity index is 303. The van der Waals surface area contributed by atoms with Crippen LogP contribution >= 0.6 is 7.60 Å². The standard InChI is InChI=1S/C6H9NO6.CH5O3P/c8-4(9)1-7(2-5(10)11)3-6(12)13;1-5(2,3)4/h1-3H2,(H,8,9)(H,10,11)(H,12,13);1H3,(H2,2,3,4). The van der Waals surface area contributed by atoms with Crippen molar-refractivity contribution in [2.24, 2.45) is 0 Å². The Hall–Kier alpha value is -1.48. The maximum atomic E-state index is 10.1. The fraction of sp³-hybridized carbons (Fsp3) is 0.571. The molecule has 18 heavy (non-hydrogen) atoms. The van der Waals surface area contributed by atoms with Gasteiger partial charge < -0.3 is 25.1 Å². The zero-order valence-electron chi connectivity index (χ0n) is 9.38. The van der Waals surface area contributed by atoms with Crippen LogP contribution in [-0.2, 0) is 18.9 Å². The molecule has 106 valence electrons. The summed E-state index contributed by atoms with van der Waals surface area (Å²) in [5, 5.41) is 24.8. The van der Waals surface area contributed by atoms with Crippen LogP contribution in [0.5, 0.6) is 0 Å². The van der Waals surface area contributed by atoms with Gasteiger partial charge in [0.05, 0.1) is 19.6 Å². The Labute approximate surface area is 102 Å². The molecule has 0 fully saturated rings. The van der Waals surface area contributed by atoms with Gasteiger partial charge >= 0.3 is 25.5 Å². The van der Waals surface area contributed by atoms with Gasteiger partial charge in [-0.05, 0) is 0 Å². The quantitative estimate of drug-likeness (QED) is 0.355. The van der Waals surface area contributed by atoms with Crippen molar-refractivity contribution in [2.75, 3.05) is 26.3 Å². The summed E-state index contributed by atoms with van der Waals surface area (Å²) < 4.78 is 9.33. The number of carbonyl (C=O) groups is 3. The molecule has 0 saturated heterocycles. The maximum absolute atomic E-state index is 10.1. The van der Waals surface area contributed by atoms with E-state index in [9.17, 15) is 18.9 Å². The van der Waals surface area contributed by atoms with Crippen molar-refractivity contribution in [1.29, 1.82) is 0 Å². The van der Waals surface area contributed by atoms with Crippen LogP contribution in [0.2, 0.25) is 0 Å². The molecule has 0 bridgehead atoms. The molecule has 0 aromatic carbocycles. The molecule has 0 spiro atoms. The molecule has 0 heterocycles. The lowest BCUT2D eigenvalue weighted by Crippen LogP contribution is -2.38. The molecule has 0 aliphatic rings. The summed E-state index contributed by atoms with van der Waals surface area (Å²) in [7, 11) is -3.64. The van der Waals surface area contributed by atoms with Crippen molar-refractivity contribution in [1.82, 2.24) is 4.90 Å². The molecule has 0 atom stereocenters. The summed E-state index contributed by atoms with van der Waals surface area (Å²) in [5.41, 5.74) is 0. The second kappa shape index (κ2) is 8.59. The van der Waals surface area contributed by atoms with Crippen molar-refractivity contribution in [3.63, 3.8) is 0 Å². The minimum atomic E-state index is -3.64. The van der Waals surface area contributed by atoms with E-state index in [1.807, 2.05) is 0 Å². The summed E-state index contributed by atoms with van der Waals surface area (Å²) in [5.74, 6) is -3.78. The lowest BCUT2D eigenvalue weighted by Gasteiger charge is -2.14. The van der Waals surface area contributed by atoms with Gasteiger partial charge in [0.15, 0.2) is 0 Å². The lowest BCUT2D eigenvalue weighted by atomic mass is 10.4. The molecule has 0 aliphatic heterocycles. The average Bonchev–Trinajstić information content (AvgIpc) is 1.94. The number of rotatable bonds is 6. The van der Waals surface area contributed by atoms with E-state index in [4.69, 9.17) is 25.1 Å². The highest BCUT2D eigenvalue weighted by Crippen LogP contribution is 2.26. The van der Waals surface area contributed by atoms with Gasteiger partial charge in [-0.25, -0.2) is 0 Å². The summed E-state index contributed by atoms with van der Waals surface area (Å²) in [6, 6.07) is 0. The van der Waals surface area contributed by atoms with Gasteiger partial charge in [-0.2, -0.15) is 0 Å². The van der Waals surface area contributed by atoms with Crippen LogP contribution in [-0.4, -0.2) is 74.2 Å². The zero-order valence-corrected chi connectivity index (χ0v) is 10.3. The normalized spacial score (nSPS) is 10.4. The Morgan fingerprint density at radius 2 is 1.06 bits per heavy atom. The van der Waals surface area contributed by atoms with E-state index in [1.165, 1.54) is 0 Å². The minimum absolute atomic E-state index is 0.599. The summed E-state index contributed by atoms with van der Waals surface area (Å²) in [4.78, 5) is 46.5. The summed E-state index contributed by atoms with van der Waals surface area (Å²) in [6.45, 7) is -0.942. The van der Waals surface area contributed by atoms with E-state index in [-0.39, 0.29) is 0 Å². The number of carboxylic acid groups (broad SMARTS) is 3. The first-order valence-corrected chi connectivity index (χ1v) is 6.38. The highest BCUT2D eigenvalue weighted by Gasteiger charge is 2.15. The zero-order chi connectivity index (χ0) is 14.9. The number of aliphatic carboxylic acids is 3. The Balaban J connectivity index is 0. The summed E-state index contributed by atoms with van der Waals surface area (Å²) >= 11 is 0. The van der Waals surface area contributed by atoms with Crippen LogP contribution in [0.3, 0.4) is 0 Å². The monoisotopic (exact) mass is 287 g/mol. The van der Waals surface area contributed by atoms with Crippen molar-refractivity contribution in [3.8, 4) is 0 Å². The Morgan fingerprint density at radius 1 is 0.889 bits per heavy atom. The number of nitrogens with zero attached hydrogens (tertiary/aromatic N) is 1. The topological polar surface area (TPSA) is 173 Å². The maximum Gasteiger partial charge on any atom is 0.322 e. The molecule has 0 radical (unpaired) electrons. The SMILES string of the molecule is CP(=O)(O)O.O=C(O)CN(CC(=O)O)CC(=O)O. The molecule has 0 amide bonds. The van der Waals surface area contributed by atoms with Gasteiger partial charge in [-0.3, -0.25) is 23.8 Å². The third-order valence-electron chi connectivity index (χ3n) is 1.08. The fourth-order valence-corrected chi connectivity index (χ4v) is 0.742. The molecule has 10 nitrogen and oxygen atoms in total. The molecule has 5 N–H and O–H groups in total. The molecule has 0 rings (SSSR count). The van der Waals surface area contributed by atoms with E-state index in [1.54, 1.807) is 0 Å². The first kappa shape index (κ1) is 18.9. The van der Waals surface area contributed by atoms with Gasteiger partial charge in [-0.1, -0.05) is 0 Å². The second-order valence-corrected chi connectivity index (χ2v) is 4.83.